The molecule has 0 bridgehead atoms. The molecule has 7 heavy (non-hydrogen) atoms. The highest BCUT2D eigenvalue weighted by Crippen LogP contribution is 1.43. The predicted octanol–water partition coefficient (Wildman–Crippen LogP) is -1.64. The van der Waals surface area contributed by atoms with Gasteiger partial charge in [-0.25, -0.2) is 0 Å². The standard InChI is InChI=1S/C3H9NO.H4N2/c1-2-4-3-5;1-2/h4-5H,2-3H2,1H3;1-2H2. The molecule has 0 aliphatic carbocycles. The molecule has 46 valence electrons. The number of hydrazine groups is 1. The van der Waals surface area contributed by atoms with Crippen LogP contribution in [0.4, 0.5) is 0 Å². The average Bonchev–Trinajstić information content (AvgIpc) is 1.75. The second kappa shape index (κ2) is 17.0. The number of aliphatic hydroxyl groups is 1. The molecule has 0 aromatic carbocycles. The molecular weight excluding hydrogens is 94.1 g/mol. The van der Waals surface area contributed by atoms with Gasteiger partial charge in [0.05, 0.1) is 6.73 Å². The summed E-state index contributed by atoms with van der Waals surface area (Å²) in [4.78, 5) is 0. The van der Waals surface area contributed by atoms with Gasteiger partial charge in [0, 0.05) is 0 Å². The maximum atomic E-state index is 7.96. The van der Waals surface area contributed by atoms with Crippen molar-refractivity contribution < 1.29 is 5.11 Å². The van der Waals surface area contributed by atoms with Gasteiger partial charge in [0.1, 0.15) is 0 Å². The monoisotopic (exact) mass is 107 g/mol. The van der Waals surface area contributed by atoms with Crippen LogP contribution in [0.15, 0.2) is 0 Å². The predicted molar refractivity (Wildman–Crippen MR) is 29.1 cm³/mol. The van der Waals surface area contributed by atoms with Crippen molar-refractivity contribution in [1.82, 2.24) is 5.32 Å². The van der Waals surface area contributed by atoms with Gasteiger partial charge in [0.25, 0.3) is 0 Å². The Kier molecular flexibility index (Phi) is 24.1. The molecule has 0 spiro atoms. The van der Waals surface area contributed by atoms with E-state index in [4.69, 9.17) is 5.11 Å². The highest BCUT2D eigenvalue weighted by molar-refractivity contribution is 4.20. The van der Waals surface area contributed by atoms with Crippen LogP contribution in [0.25, 0.3) is 0 Å². The molecule has 0 saturated heterocycles. The molecule has 0 aromatic rings. The van der Waals surface area contributed by atoms with Gasteiger partial charge in [-0.15, -0.1) is 0 Å². The lowest BCUT2D eigenvalue weighted by Crippen LogP contribution is -2.12. The van der Waals surface area contributed by atoms with Crippen LogP contribution in [-0.2, 0) is 0 Å². The smallest absolute Gasteiger partial charge is 0.0931 e. The van der Waals surface area contributed by atoms with Crippen molar-refractivity contribution >= 4 is 0 Å². The molecular formula is C3H13N3O. The molecule has 4 nitrogen and oxygen atoms in total. The molecule has 0 aromatic heterocycles. The Hall–Kier alpha value is -0.160. The molecule has 0 saturated carbocycles. The largest absolute Gasteiger partial charge is 0.381 e. The zero-order chi connectivity index (χ0) is 6.12. The SMILES string of the molecule is CCNCO.NN. The number of aliphatic hydroxyl groups excluding tert-OH is 1. The molecule has 6 N–H and O–H groups in total. The summed E-state index contributed by atoms with van der Waals surface area (Å²) in [6.45, 7) is 2.88. The van der Waals surface area contributed by atoms with Crippen LogP contribution in [0, 0.1) is 0 Å². The molecule has 0 fully saturated rings. The molecule has 0 aliphatic rings. The minimum Gasteiger partial charge on any atom is -0.381 e. The molecule has 0 amide bonds. The Morgan fingerprint density at radius 3 is 2.00 bits per heavy atom. The molecule has 4 heteroatoms. The highest BCUT2D eigenvalue weighted by atomic mass is 16.3. The van der Waals surface area contributed by atoms with E-state index in [2.05, 4.69) is 17.0 Å². The van der Waals surface area contributed by atoms with E-state index in [0.717, 1.165) is 6.54 Å². The van der Waals surface area contributed by atoms with E-state index in [0.29, 0.717) is 0 Å². The van der Waals surface area contributed by atoms with Crippen LogP contribution in [-0.4, -0.2) is 18.4 Å². The Bertz CT molecular complexity index is 17.7. The van der Waals surface area contributed by atoms with E-state index in [1.165, 1.54) is 0 Å². The molecule has 0 atom stereocenters. The van der Waals surface area contributed by atoms with Crippen LogP contribution >= 0.6 is 0 Å². The van der Waals surface area contributed by atoms with Gasteiger partial charge in [-0.3, -0.25) is 17.0 Å². The maximum absolute atomic E-state index is 7.96. The summed E-state index contributed by atoms with van der Waals surface area (Å²) in [6, 6.07) is 0. The third kappa shape index (κ3) is 25.4. The summed E-state index contributed by atoms with van der Waals surface area (Å²) in [6.07, 6.45) is 0. The van der Waals surface area contributed by atoms with Gasteiger partial charge >= 0.3 is 0 Å². The topological polar surface area (TPSA) is 84.3 Å². The van der Waals surface area contributed by atoms with Gasteiger partial charge in [-0.1, -0.05) is 6.92 Å². The number of hydrogen-bond acceptors (Lipinski definition) is 4. The fourth-order valence-electron chi connectivity index (χ4n) is 0.112. The van der Waals surface area contributed by atoms with Gasteiger partial charge < -0.3 is 5.11 Å². The number of hydrogen-bond donors (Lipinski definition) is 4. The molecule has 0 unspecified atom stereocenters. The third-order valence-electron chi connectivity index (χ3n) is 0.362. The van der Waals surface area contributed by atoms with Crippen molar-refractivity contribution in [3.63, 3.8) is 0 Å². The normalized spacial score (nSPS) is 6.86. The lowest BCUT2D eigenvalue weighted by Gasteiger charge is -1.85. The van der Waals surface area contributed by atoms with Crippen molar-refractivity contribution in [2.24, 2.45) is 11.7 Å². The summed E-state index contributed by atoms with van der Waals surface area (Å²) in [5.41, 5.74) is 0. The van der Waals surface area contributed by atoms with Crippen molar-refractivity contribution in [3.05, 3.63) is 0 Å². The zero-order valence-electron chi connectivity index (χ0n) is 4.52. The molecule has 0 rings (SSSR count). The summed E-state index contributed by atoms with van der Waals surface area (Å²) in [7, 11) is 0. The van der Waals surface area contributed by atoms with Crippen LogP contribution in [0.1, 0.15) is 6.92 Å². The highest BCUT2D eigenvalue weighted by Gasteiger charge is 1.63. The summed E-state index contributed by atoms with van der Waals surface area (Å²) in [5.74, 6) is 8.00. The molecule has 0 radical (unpaired) electrons. The Morgan fingerprint density at radius 2 is 2.00 bits per heavy atom. The second-order valence-electron chi connectivity index (χ2n) is 0.762. The van der Waals surface area contributed by atoms with Crippen molar-refractivity contribution in [2.75, 3.05) is 13.3 Å². The third-order valence-corrected chi connectivity index (χ3v) is 0.362. The number of nitrogens with one attached hydrogen (secondary N) is 1. The van der Waals surface area contributed by atoms with Crippen LogP contribution in [0.3, 0.4) is 0 Å². The van der Waals surface area contributed by atoms with Crippen LogP contribution in [0.5, 0.6) is 0 Å². The fraction of sp³-hybridized carbons (Fsp3) is 1.00. The summed E-state index contributed by atoms with van der Waals surface area (Å²) >= 11 is 0. The summed E-state index contributed by atoms with van der Waals surface area (Å²) < 4.78 is 0. The average molecular weight is 107 g/mol. The van der Waals surface area contributed by atoms with Gasteiger partial charge in [0.2, 0.25) is 0 Å². The summed E-state index contributed by atoms with van der Waals surface area (Å²) in [5, 5.41) is 10.6. The van der Waals surface area contributed by atoms with Crippen molar-refractivity contribution in [3.8, 4) is 0 Å². The van der Waals surface area contributed by atoms with Gasteiger partial charge in [-0.2, -0.15) is 0 Å². The Morgan fingerprint density at radius 1 is 1.57 bits per heavy atom. The van der Waals surface area contributed by atoms with E-state index in [9.17, 15) is 0 Å². The first-order chi connectivity index (χ1) is 3.41. The van der Waals surface area contributed by atoms with Gasteiger partial charge in [-0.05, 0) is 6.54 Å². The first kappa shape index (κ1) is 9.96. The molecule has 0 aliphatic heterocycles. The zero-order valence-corrected chi connectivity index (χ0v) is 4.52. The Labute approximate surface area is 43.5 Å². The maximum Gasteiger partial charge on any atom is 0.0931 e. The quantitative estimate of drug-likeness (QED) is 0.194. The van der Waals surface area contributed by atoms with Crippen LogP contribution < -0.4 is 17.0 Å². The first-order valence-corrected chi connectivity index (χ1v) is 2.06. The minimum atomic E-state index is 0.0938. The van der Waals surface area contributed by atoms with E-state index >= 15 is 0 Å². The van der Waals surface area contributed by atoms with E-state index in [1.54, 1.807) is 0 Å². The lowest BCUT2D eigenvalue weighted by molar-refractivity contribution is 0.264. The Balaban J connectivity index is 0. The second-order valence-corrected chi connectivity index (χ2v) is 0.762. The lowest BCUT2D eigenvalue weighted by atomic mass is 10.8. The van der Waals surface area contributed by atoms with Crippen molar-refractivity contribution in [1.29, 1.82) is 0 Å². The fourth-order valence-corrected chi connectivity index (χ4v) is 0.112. The van der Waals surface area contributed by atoms with Crippen molar-refractivity contribution in [2.45, 2.75) is 6.92 Å². The van der Waals surface area contributed by atoms with Crippen LogP contribution in [0.2, 0.25) is 0 Å². The molecule has 0 heterocycles. The minimum absolute atomic E-state index is 0.0938. The van der Waals surface area contributed by atoms with E-state index in [-0.39, 0.29) is 6.73 Å². The van der Waals surface area contributed by atoms with Gasteiger partial charge in [0.15, 0.2) is 0 Å². The van der Waals surface area contributed by atoms with E-state index in [1.807, 2.05) is 6.92 Å². The van der Waals surface area contributed by atoms with E-state index < -0.39 is 0 Å². The number of rotatable bonds is 2. The number of nitrogens with two attached hydrogens (primary N) is 2. The first-order valence-electron chi connectivity index (χ1n) is 2.06.